The highest BCUT2D eigenvalue weighted by Crippen LogP contribution is 2.12. The predicted octanol–water partition coefficient (Wildman–Crippen LogP) is 3.29. The molecule has 0 aliphatic heterocycles. The number of hydrogen-bond donors (Lipinski definition) is 0. The number of nitriles is 2. The minimum Gasteiger partial charge on any atom is -0.444 e. The minimum absolute atomic E-state index is 0.0666. The van der Waals surface area contributed by atoms with Crippen LogP contribution in [-0.4, -0.2) is 59.4 Å². The van der Waals surface area contributed by atoms with Gasteiger partial charge in [0.05, 0.1) is 12.1 Å². The van der Waals surface area contributed by atoms with E-state index >= 15 is 0 Å². The summed E-state index contributed by atoms with van der Waals surface area (Å²) < 4.78 is 10.5. The first-order valence-electron chi connectivity index (χ1n) is 8.59. The zero-order valence-corrected chi connectivity index (χ0v) is 16.7. The fourth-order valence-electron chi connectivity index (χ4n) is 1.90. The lowest BCUT2D eigenvalue weighted by Crippen LogP contribution is -2.39. The SMILES string of the molecule is CC(C)(C)OC(=O)N(CC#N)CCCCN(CC#N)C(=O)OC(C)(C)C. The highest BCUT2D eigenvalue weighted by molar-refractivity contribution is 5.69. The lowest BCUT2D eigenvalue weighted by atomic mass is 10.2. The first-order chi connectivity index (χ1) is 11.9. The average molecular weight is 366 g/mol. The standard InChI is InChI=1S/C18H30N4O4/c1-17(2,3)25-15(23)21(13-9-19)11-7-8-12-22(14-10-20)16(24)26-18(4,5)6/h7-8,11-14H2,1-6H3. The van der Waals surface area contributed by atoms with Crippen LogP contribution in [0.25, 0.3) is 0 Å². The van der Waals surface area contributed by atoms with E-state index in [-0.39, 0.29) is 13.1 Å². The molecular formula is C18H30N4O4. The molecule has 0 unspecified atom stereocenters. The van der Waals surface area contributed by atoms with Crippen molar-refractivity contribution in [3.8, 4) is 12.1 Å². The van der Waals surface area contributed by atoms with Crippen LogP contribution >= 0.6 is 0 Å². The van der Waals surface area contributed by atoms with Crippen molar-refractivity contribution in [2.75, 3.05) is 26.2 Å². The molecule has 0 aromatic carbocycles. The zero-order chi connectivity index (χ0) is 20.4. The minimum atomic E-state index is -0.634. The molecule has 0 saturated carbocycles. The van der Waals surface area contributed by atoms with E-state index in [1.807, 2.05) is 12.1 Å². The summed E-state index contributed by atoms with van der Waals surface area (Å²) in [7, 11) is 0. The molecule has 0 rings (SSSR count). The molecule has 0 spiro atoms. The number of unbranched alkanes of at least 4 members (excludes halogenated alkanes) is 1. The number of ether oxygens (including phenoxy) is 2. The van der Waals surface area contributed by atoms with Gasteiger partial charge >= 0.3 is 12.2 Å². The maximum Gasteiger partial charge on any atom is 0.411 e. The van der Waals surface area contributed by atoms with Gasteiger partial charge in [-0.3, -0.25) is 9.80 Å². The molecule has 0 fully saturated rings. The summed E-state index contributed by atoms with van der Waals surface area (Å²) in [6.45, 7) is 11.1. The maximum atomic E-state index is 12.1. The molecule has 26 heavy (non-hydrogen) atoms. The van der Waals surface area contributed by atoms with Crippen LogP contribution in [0, 0.1) is 22.7 Å². The normalized spacial score (nSPS) is 11.1. The molecular weight excluding hydrogens is 336 g/mol. The Morgan fingerprint density at radius 2 is 1.08 bits per heavy atom. The van der Waals surface area contributed by atoms with Crippen molar-refractivity contribution in [1.29, 1.82) is 10.5 Å². The summed E-state index contributed by atoms with van der Waals surface area (Å²) in [6.07, 6.45) is 0.0391. The van der Waals surface area contributed by atoms with Crippen molar-refractivity contribution in [3.05, 3.63) is 0 Å². The van der Waals surface area contributed by atoms with Gasteiger partial charge in [0.15, 0.2) is 0 Å². The Labute approximate surface area is 156 Å². The van der Waals surface area contributed by atoms with Crippen LogP contribution in [0.5, 0.6) is 0 Å². The Kier molecular flexibility index (Phi) is 9.50. The number of amides is 2. The highest BCUT2D eigenvalue weighted by atomic mass is 16.6. The highest BCUT2D eigenvalue weighted by Gasteiger charge is 2.23. The quantitative estimate of drug-likeness (QED) is 0.505. The third kappa shape index (κ3) is 11.1. The van der Waals surface area contributed by atoms with Crippen LogP contribution in [0.4, 0.5) is 9.59 Å². The van der Waals surface area contributed by atoms with Gasteiger partial charge in [-0.15, -0.1) is 0 Å². The first-order valence-corrected chi connectivity index (χ1v) is 8.59. The molecule has 0 bridgehead atoms. The van der Waals surface area contributed by atoms with Crippen LogP contribution in [0.15, 0.2) is 0 Å². The first kappa shape index (κ1) is 23.5. The van der Waals surface area contributed by atoms with Gasteiger partial charge in [-0.2, -0.15) is 10.5 Å². The second kappa shape index (κ2) is 10.5. The van der Waals surface area contributed by atoms with Crippen molar-refractivity contribution in [2.24, 2.45) is 0 Å². The van der Waals surface area contributed by atoms with E-state index in [2.05, 4.69) is 0 Å². The van der Waals surface area contributed by atoms with Gasteiger partial charge in [-0.05, 0) is 54.4 Å². The molecule has 0 radical (unpaired) electrons. The molecule has 0 aliphatic rings. The van der Waals surface area contributed by atoms with Gasteiger partial charge in [0.2, 0.25) is 0 Å². The van der Waals surface area contributed by atoms with Crippen LogP contribution in [0.1, 0.15) is 54.4 Å². The summed E-state index contributed by atoms with van der Waals surface area (Å²) >= 11 is 0. The molecule has 0 saturated heterocycles. The predicted molar refractivity (Wildman–Crippen MR) is 96.1 cm³/mol. The van der Waals surface area contributed by atoms with E-state index in [0.717, 1.165) is 0 Å². The molecule has 0 aromatic heterocycles. The Balaban J connectivity index is 4.55. The van der Waals surface area contributed by atoms with Crippen molar-refractivity contribution < 1.29 is 19.1 Å². The van der Waals surface area contributed by atoms with Gasteiger partial charge in [0.25, 0.3) is 0 Å². The summed E-state index contributed by atoms with van der Waals surface area (Å²) in [5.41, 5.74) is -1.27. The number of hydrogen-bond acceptors (Lipinski definition) is 6. The Morgan fingerprint density at radius 1 is 0.769 bits per heavy atom. The fourth-order valence-corrected chi connectivity index (χ4v) is 1.90. The van der Waals surface area contributed by atoms with E-state index in [1.54, 1.807) is 41.5 Å². The molecule has 8 nitrogen and oxygen atoms in total. The summed E-state index contributed by atoms with van der Waals surface area (Å²) in [5.74, 6) is 0. The van der Waals surface area contributed by atoms with Gasteiger partial charge < -0.3 is 9.47 Å². The lowest BCUT2D eigenvalue weighted by Gasteiger charge is -2.27. The van der Waals surface area contributed by atoms with E-state index in [1.165, 1.54) is 9.80 Å². The third-order valence-corrected chi connectivity index (χ3v) is 2.93. The molecule has 0 aliphatic carbocycles. The molecule has 146 valence electrons. The topological polar surface area (TPSA) is 107 Å². The average Bonchev–Trinajstić information content (AvgIpc) is 2.45. The van der Waals surface area contributed by atoms with Crippen LogP contribution in [0.2, 0.25) is 0 Å². The number of rotatable bonds is 7. The smallest absolute Gasteiger partial charge is 0.411 e. The third-order valence-electron chi connectivity index (χ3n) is 2.93. The molecule has 0 N–H and O–H groups in total. The summed E-state index contributed by atoms with van der Waals surface area (Å²) in [6, 6.07) is 3.89. The molecule has 0 heterocycles. The van der Waals surface area contributed by atoms with E-state index in [0.29, 0.717) is 25.9 Å². The molecule has 2 amide bonds. The Bertz CT molecular complexity index is 499. The molecule has 8 heteroatoms. The summed E-state index contributed by atoms with van der Waals surface area (Å²) in [4.78, 5) is 26.8. The van der Waals surface area contributed by atoms with Gasteiger partial charge in [-0.1, -0.05) is 0 Å². The monoisotopic (exact) mass is 366 g/mol. The van der Waals surface area contributed by atoms with Gasteiger partial charge in [-0.25, -0.2) is 9.59 Å². The van der Waals surface area contributed by atoms with Crippen molar-refractivity contribution >= 4 is 12.2 Å². The second-order valence-corrected chi connectivity index (χ2v) is 7.83. The molecule has 0 atom stereocenters. The lowest BCUT2D eigenvalue weighted by molar-refractivity contribution is 0.0237. The Morgan fingerprint density at radius 3 is 1.31 bits per heavy atom. The van der Waals surface area contributed by atoms with Crippen molar-refractivity contribution in [2.45, 2.75) is 65.6 Å². The van der Waals surface area contributed by atoms with Crippen molar-refractivity contribution in [1.82, 2.24) is 9.80 Å². The maximum absolute atomic E-state index is 12.1. The summed E-state index contributed by atoms with van der Waals surface area (Å²) in [5, 5.41) is 17.7. The van der Waals surface area contributed by atoms with E-state index in [4.69, 9.17) is 20.0 Å². The number of carbonyl (C=O) groups is 2. The number of carbonyl (C=O) groups excluding carboxylic acids is 2. The van der Waals surface area contributed by atoms with E-state index < -0.39 is 23.4 Å². The van der Waals surface area contributed by atoms with Crippen LogP contribution in [0.3, 0.4) is 0 Å². The van der Waals surface area contributed by atoms with Gasteiger partial charge in [0.1, 0.15) is 24.3 Å². The number of nitrogens with zero attached hydrogens (tertiary/aromatic N) is 4. The largest absolute Gasteiger partial charge is 0.444 e. The van der Waals surface area contributed by atoms with Crippen molar-refractivity contribution in [3.63, 3.8) is 0 Å². The zero-order valence-electron chi connectivity index (χ0n) is 16.7. The Hall–Kier alpha value is -2.48. The van der Waals surface area contributed by atoms with Crippen LogP contribution in [-0.2, 0) is 9.47 Å². The fraction of sp³-hybridized carbons (Fsp3) is 0.778. The molecule has 0 aromatic rings. The van der Waals surface area contributed by atoms with Gasteiger partial charge in [0, 0.05) is 13.1 Å². The van der Waals surface area contributed by atoms with Crippen LogP contribution < -0.4 is 0 Å². The second-order valence-electron chi connectivity index (χ2n) is 7.83. The van der Waals surface area contributed by atoms with E-state index in [9.17, 15) is 9.59 Å².